The van der Waals surface area contributed by atoms with E-state index in [2.05, 4.69) is 0 Å². The van der Waals surface area contributed by atoms with Gasteiger partial charge in [-0.3, -0.25) is 0 Å². The summed E-state index contributed by atoms with van der Waals surface area (Å²) in [5.74, 6) is 0. The van der Waals surface area contributed by atoms with Gasteiger partial charge >= 0.3 is 0 Å². The molecule has 0 spiro atoms. The standard InChI is InChI=1S/C6H14O4.C3H8O2/c7-1-3-9-5-6-10-4-2-8;1-3(5)2-4/h7-8H,1-6H2;3-5H,2H2,1H3. The highest BCUT2D eigenvalue weighted by atomic mass is 16.5. The van der Waals surface area contributed by atoms with Gasteiger partial charge in [-0.2, -0.15) is 0 Å². The second kappa shape index (κ2) is 16.2. The van der Waals surface area contributed by atoms with Gasteiger partial charge in [-0.25, -0.2) is 0 Å². The van der Waals surface area contributed by atoms with Gasteiger partial charge in [0.1, 0.15) is 0 Å². The lowest BCUT2D eigenvalue weighted by Crippen LogP contribution is -2.09. The fourth-order valence-electron chi connectivity index (χ4n) is 0.451. The van der Waals surface area contributed by atoms with Gasteiger partial charge in [0.05, 0.1) is 52.4 Å². The molecule has 1 atom stereocenters. The van der Waals surface area contributed by atoms with E-state index in [0.717, 1.165) is 0 Å². The number of hydrogen-bond acceptors (Lipinski definition) is 6. The van der Waals surface area contributed by atoms with Crippen molar-refractivity contribution in [1.29, 1.82) is 0 Å². The summed E-state index contributed by atoms with van der Waals surface area (Å²) in [6, 6.07) is 0. The summed E-state index contributed by atoms with van der Waals surface area (Å²) < 4.78 is 9.75. The first-order chi connectivity index (χ1) is 7.18. The molecule has 0 aromatic carbocycles. The smallest absolute Gasteiger partial charge is 0.0742 e. The van der Waals surface area contributed by atoms with E-state index in [1.54, 1.807) is 0 Å². The summed E-state index contributed by atoms with van der Waals surface area (Å²) in [4.78, 5) is 0. The Morgan fingerprint density at radius 2 is 1.20 bits per heavy atom. The van der Waals surface area contributed by atoms with Gasteiger partial charge in [-0.1, -0.05) is 0 Å². The third-order valence-electron chi connectivity index (χ3n) is 1.11. The topological polar surface area (TPSA) is 99.4 Å². The Morgan fingerprint density at radius 3 is 1.40 bits per heavy atom. The largest absolute Gasteiger partial charge is 0.394 e. The van der Waals surface area contributed by atoms with Crippen LogP contribution in [-0.2, 0) is 9.47 Å². The van der Waals surface area contributed by atoms with E-state index in [4.69, 9.17) is 29.9 Å². The highest BCUT2D eigenvalue weighted by molar-refractivity contribution is 4.34. The Morgan fingerprint density at radius 1 is 0.867 bits per heavy atom. The van der Waals surface area contributed by atoms with Gasteiger partial charge in [0, 0.05) is 0 Å². The van der Waals surface area contributed by atoms with Crippen molar-refractivity contribution in [1.82, 2.24) is 0 Å². The second-order valence-corrected chi connectivity index (χ2v) is 2.70. The molecule has 0 saturated carbocycles. The number of rotatable bonds is 8. The highest BCUT2D eigenvalue weighted by Crippen LogP contribution is 1.76. The van der Waals surface area contributed by atoms with Crippen molar-refractivity contribution in [2.45, 2.75) is 13.0 Å². The highest BCUT2D eigenvalue weighted by Gasteiger charge is 1.86. The predicted octanol–water partition coefficient (Wildman–Crippen LogP) is -1.64. The summed E-state index contributed by atoms with van der Waals surface area (Å²) in [6.07, 6.45) is -0.560. The summed E-state index contributed by atoms with van der Waals surface area (Å²) in [7, 11) is 0. The molecule has 0 amide bonds. The second-order valence-electron chi connectivity index (χ2n) is 2.70. The monoisotopic (exact) mass is 226 g/mol. The Hall–Kier alpha value is -0.240. The van der Waals surface area contributed by atoms with E-state index in [1.165, 1.54) is 6.92 Å². The zero-order chi connectivity index (χ0) is 11.9. The van der Waals surface area contributed by atoms with Gasteiger partial charge < -0.3 is 29.9 Å². The van der Waals surface area contributed by atoms with Gasteiger partial charge in [0.25, 0.3) is 0 Å². The van der Waals surface area contributed by atoms with E-state index >= 15 is 0 Å². The number of ether oxygens (including phenoxy) is 2. The van der Waals surface area contributed by atoms with Gasteiger partial charge in [-0.05, 0) is 6.92 Å². The van der Waals surface area contributed by atoms with Gasteiger partial charge in [0.2, 0.25) is 0 Å². The maximum atomic E-state index is 8.26. The minimum Gasteiger partial charge on any atom is -0.394 e. The van der Waals surface area contributed by atoms with Crippen LogP contribution in [0.25, 0.3) is 0 Å². The molecule has 4 N–H and O–H groups in total. The molecule has 6 heteroatoms. The summed E-state index contributed by atoms with van der Waals surface area (Å²) in [6.45, 7) is 3.12. The molecule has 0 radical (unpaired) electrons. The number of hydrogen-bond donors (Lipinski definition) is 4. The summed E-state index contributed by atoms with van der Waals surface area (Å²) in [5.41, 5.74) is 0. The molecule has 1 unspecified atom stereocenters. The SMILES string of the molecule is CC(O)CO.OCCOCCOCCO. The molecule has 0 rings (SSSR count). The van der Waals surface area contributed by atoms with Crippen LogP contribution in [0.4, 0.5) is 0 Å². The zero-order valence-electron chi connectivity index (χ0n) is 9.13. The van der Waals surface area contributed by atoms with Crippen LogP contribution in [0.1, 0.15) is 6.92 Å². The maximum absolute atomic E-state index is 8.26. The maximum Gasteiger partial charge on any atom is 0.0742 e. The van der Waals surface area contributed by atoms with E-state index in [-0.39, 0.29) is 19.8 Å². The third kappa shape index (κ3) is 24.8. The molecule has 0 heterocycles. The normalized spacial score (nSPS) is 11.8. The summed E-state index contributed by atoms with van der Waals surface area (Å²) >= 11 is 0. The van der Waals surface area contributed by atoms with Crippen LogP contribution in [0, 0.1) is 0 Å². The average Bonchev–Trinajstić information content (AvgIpc) is 2.24. The van der Waals surface area contributed by atoms with Crippen LogP contribution >= 0.6 is 0 Å². The Labute approximate surface area is 90.1 Å². The van der Waals surface area contributed by atoms with Crippen LogP contribution in [0.15, 0.2) is 0 Å². The lowest BCUT2D eigenvalue weighted by atomic mass is 10.5. The fraction of sp³-hybridized carbons (Fsp3) is 1.00. The van der Waals surface area contributed by atoms with Crippen molar-refractivity contribution in [2.24, 2.45) is 0 Å². The molecule has 0 aromatic rings. The molecule has 0 fully saturated rings. The minimum absolute atomic E-state index is 0.0417. The van der Waals surface area contributed by atoms with Crippen molar-refractivity contribution in [3.63, 3.8) is 0 Å². The molecule has 0 aliphatic rings. The van der Waals surface area contributed by atoms with E-state index < -0.39 is 6.10 Å². The zero-order valence-corrected chi connectivity index (χ0v) is 9.13. The molecule has 15 heavy (non-hydrogen) atoms. The van der Waals surface area contributed by atoms with Crippen molar-refractivity contribution in [3.8, 4) is 0 Å². The van der Waals surface area contributed by atoms with Crippen LogP contribution in [0.5, 0.6) is 0 Å². The number of aliphatic hydroxyl groups excluding tert-OH is 4. The molecule has 0 saturated heterocycles. The fourth-order valence-corrected chi connectivity index (χ4v) is 0.451. The van der Waals surface area contributed by atoms with Crippen LogP contribution in [0.2, 0.25) is 0 Å². The molecule has 94 valence electrons. The Bertz CT molecular complexity index is 90.6. The van der Waals surface area contributed by atoms with Crippen LogP contribution in [0.3, 0.4) is 0 Å². The van der Waals surface area contributed by atoms with Gasteiger partial charge in [-0.15, -0.1) is 0 Å². The lowest BCUT2D eigenvalue weighted by Gasteiger charge is -2.01. The first kappa shape index (κ1) is 17.2. The van der Waals surface area contributed by atoms with Crippen molar-refractivity contribution in [3.05, 3.63) is 0 Å². The molecule has 0 aliphatic heterocycles. The molecule has 0 aromatic heterocycles. The van der Waals surface area contributed by atoms with E-state index in [1.807, 2.05) is 0 Å². The van der Waals surface area contributed by atoms with Crippen molar-refractivity contribution < 1.29 is 29.9 Å². The molecule has 0 aliphatic carbocycles. The quantitative estimate of drug-likeness (QED) is 0.371. The van der Waals surface area contributed by atoms with Crippen LogP contribution < -0.4 is 0 Å². The molecule has 6 nitrogen and oxygen atoms in total. The minimum atomic E-state index is -0.560. The van der Waals surface area contributed by atoms with Crippen molar-refractivity contribution >= 4 is 0 Å². The van der Waals surface area contributed by atoms with Crippen molar-refractivity contribution in [2.75, 3.05) is 46.2 Å². The average molecular weight is 226 g/mol. The van der Waals surface area contributed by atoms with E-state index in [0.29, 0.717) is 26.4 Å². The first-order valence-corrected chi connectivity index (χ1v) is 4.85. The Kier molecular flexibility index (Phi) is 18.5. The summed E-state index contributed by atoms with van der Waals surface area (Å²) in [5, 5.41) is 32.5. The first-order valence-electron chi connectivity index (χ1n) is 4.85. The lowest BCUT2D eigenvalue weighted by molar-refractivity contribution is 0.0222. The molecular formula is C9H22O6. The van der Waals surface area contributed by atoms with E-state index in [9.17, 15) is 0 Å². The predicted molar refractivity (Wildman–Crippen MR) is 54.6 cm³/mol. The molecular weight excluding hydrogens is 204 g/mol. The number of aliphatic hydroxyl groups is 4. The third-order valence-corrected chi connectivity index (χ3v) is 1.11. The molecule has 0 bridgehead atoms. The Balaban J connectivity index is 0. The van der Waals surface area contributed by atoms with Gasteiger partial charge in [0.15, 0.2) is 0 Å². The van der Waals surface area contributed by atoms with Crippen LogP contribution in [-0.4, -0.2) is 72.8 Å².